The van der Waals surface area contributed by atoms with Gasteiger partial charge in [0.1, 0.15) is 0 Å². The van der Waals surface area contributed by atoms with Gasteiger partial charge in [-0.1, -0.05) is 43.3 Å². The second kappa shape index (κ2) is 6.53. The summed E-state index contributed by atoms with van der Waals surface area (Å²) in [4.78, 5) is 23.4. The number of carbonyl (C=O) groups is 1. The van der Waals surface area contributed by atoms with Gasteiger partial charge in [0.15, 0.2) is 0 Å². The van der Waals surface area contributed by atoms with Crippen molar-refractivity contribution in [2.75, 3.05) is 0 Å². The lowest BCUT2D eigenvalue weighted by atomic mass is 10.1. The smallest absolute Gasteiger partial charge is 0.254 e. The molecule has 0 saturated carbocycles. The van der Waals surface area contributed by atoms with Gasteiger partial charge in [-0.05, 0) is 29.7 Å². The van der Waals surface area contributed by atoms with Gasteiger partial charge >= 0.3 is 0 Å². The van der Waals surface area contributed by atoms with E-state index in [0.29, 0.717) is 12.1 Å². The van der Waals surface area contributed by atoms with Crippen LogP contribution in [-0.2, 0) is 17.8 Å². The predicted molar refractivity (Wildman–Crippen MR) is 81.0 cm³/mol. The highest BCUT2D eigenvalue weighted by Gasteiger charge is 2.11. The van der Waals surface area contributed by atoms with E-state index in [1.807, 2.05) is 43.3 Å². The number of aromatic nitrogens is 1. The summed E-state index contributed by atoms with van der Waals surface area (Å²) in [6, 6.07) is 13.3. The summed E-state index contributed by atoms with van der Waals surface area (Å²) >= 11 is 5.38. The summed E-state index contributed by atoms with van der Waals surface area (Å²) in [5.74, 6) is 0. The first kappa shape index (κ1) is 14.5. The number of halogens is 1. The summed E-state index contributed by atoms with van der Waals surface area (Å²) in [6.45, 7) is 2.63. The topological polar surface area (TPSA) is 39.1 Å². The number of hydrogen-bond acceptors (Lipinski definition) is 2. The van der Waals surface area contributed by atoms with Gasteiger partial charge in [0.05, 0.1) is 12.1 Å². The van der Waals surface area contributed by atoms with Crippen molar-refractivity contribution in [1.29, 1.82) is 0 Å². The third-order valence-electron chi connectivity index (χ3n) is 3.10. The molecular formula is C16H16ClNO2. The van der Waals surface area contributed by atoms with Crippen molar-refractivity contribution in [3.8, 4) is 11.3 Å². The molecule has 20 heavy (non-hydrogen) atoms. The molecule has 2 rings (SSSR count). The number of pyridine rings is 1. The van der Waals surface area contributed by atoms with E-state index >= 15 is 0 Å². The second-order valence-corrected chi connectivity index (χ2v) is 5.02. The van der Waals surface area contributed by atoms with E-state index in [4.69, 9.17) is 11.6 Å². The number of nitrogens with zero attached hydrogens (tertiary/aromatic N) is 1. The monoisotopic (exact) mass is 289 g/mol. The molecule has 0 saturated heterocycles. The third kappa shape index (κ3) is 3.17. The van der Waals surface area contributed by atoms with Crippen LogP contribution in [0.2, 0.25) is 0 Å². The van der Waals surface area contributed by atoms with Crippen LogP contribution in [0, 0.1) is 0 Å². The van der Waals surface area contributed by atoms with E-state index in [0.717, 1.165) is 17.7 Å². The maximum Gasteiger partial charge on any atom is 0.254 e. The van der Waals surface area contributed by atoms with Gasteiger partial charge in [-0.2, -0.15) is 0 Å². The summed E-state index contributed by atoms with van der Waals surface area (Å²) in [7, 11) is 0. The van der Waals surface area contributed by atoms with Crippen molar-refractivity contribution in [2.45, 2.75) is 26.3 Å². The van der Waals surface area contributed by atoms with Gasteiger partial charge in [0, 0.05) is 12.1 Å². The summed E-state index contributed by atoms with van der Waals surface area (Å²) < 4.78 is 1.71. The Morgan fingerprint density at radius 2 is 1.85 bits per heavy atom. The van der Waals surface area contributed by atoms with Crippen molar-refractivity contribution in [2.24, 2.45) is 0 Å². The number of carbonyl (C=O) groups excluding carboxylic acids is 1. The highest BCUT2D eigenvalue weighted by Crippen LogP contribution is 2.18. The van der Waals surface area contributed by atoms with E-state index in [1.54, 1.807) is 10.6 Å². The minimum atomic E-state index is -0.516. The molecule has 0 spiro atoms. The van der Waals surface area contributed by atoms with Crippen LogP contribution >= 0.6 is 11.6 Å². The predicted octanol–water partition coefficient (Wildman–Crippen LogP) is 3.23. The normalized spacial score (nSPS) is 10.5. The Hall–Kier alpha value is -1.87. The quantitative estimate of drug-likeness (QED) is 0.793. The first-order valence-electron chi connectivity index (χ1n) is 6.60. The van der Waals surface area contributed by atoms with Crippen molar-refractivity contribution in [3.05, 3.63) is 58.4 Å². The fraction of sp³-hybridized carbons (Fsp3) is 0.250. The van der Waals surface area contributed by atoms with Gasteiger partial charge < -0.3 is 4.57 Å². The minimum absolute atomic E-state index is 0.0286. The van der Waals surface area contributed by atoms with Gasteiger partial charge in [0.25, 0.3) is 5.56 Å². The van der Waals surface area contributed by atoms with Crippen LogP contribution in [0.15, 0.2) is 47.3 Å². The molecule has 0 amide bonds. The fourth-order valence-corrected chi connectivity index (χ4v) is 2.36. The molecule has 1 aromatic heterocycles. The Bertz CT molecular complexity index is 662. The molecule has 0 aliphatic heterocycles. The summed E-state index contributed by atoms with van der Waals surface area (Å²) in [6.07, 6.45) is 0.817. The van der Waals surface area contributed by atoms with Gasteiger partial charge in [0.2, 0.25) is 5.24 Å². The van der Waals surface area contributed by atoms with E-state index < -0.39 is 5.24 Å². The molecule has 0 N–H and O–H groups in total. The van der Waals surface area contributed by atoms with E-state index in [1.165, 1.54) is 0 Å². The lowest BCUT2D eigenvalue weighted by molar-refractivity contribution is -0.111. The summed E-state index contributed by atoms with van der Waals surface area (Å²) in [5.41, 5.74) is 2.16. The van der Waals surface area contributed by atoms with Crippen LogP contribution in [0.25, 0.3) is 11.3 Å². The molecule has 0 unspecified atom stereocenters. The standard InChI is InChI=1S/C16H16ClNO2/c1-2-10-18-14(12-6-4-3-5-7-12)9-8-13(16(18)20)11-15(17)19/h3-9H,2,10-11H2,1H3. The van der Waals surface area contributed by atoms with Crippen LogP contribution in [0.5, 0.6) is 0 Å². The first-order valence-corrected chi connectivity index (χ1v) is 6.97. The number of rotatable bonds is 5. The highest BCUT2D eigenvalue weighted by atomic mass is 35.5. The van der Waals surface area contributed by atoms with Crippen LogP contribution in [-0.4, -0.2) is 9.81 Å². The van der Waals surface area contributed by atoms with Crippen LogP contribution in [0.4, 0.5) is 0 Å². The minimum Gasteiger partial charge on any atom is -0.308 e. The average Bonchev–Trinajstić information content (AvgIpc) is 2.44. The molecule has 0 aliphatic rings. The van der Waals surface area contributed by atoms with Crippen LogP contribution in [0.3, 0.4) is 0 Å². The zero-order valence-corrected chi connectivity index (χ0v) is 12.1. The molecule has 3 nitrogen and oxygen atoms in total. The Kier molecular flexibility index (Phi) is 4.74. The van der Waals surface area contributed by atoms with Crippen molar-refractivity contribution in [3.63, 3.8) is 0 Å². The maximum atomic E-state index is 12.4. The molecule has 0 aliphatic carbocycles. The van der Waals surface area contributed by atoms with Crippen LogP contribution in [0.1, 0.15) is 18.9 Å². The lowest BCUT2D eigenvalue weighted by Gasteiger charge is -2.13. The molecule has 1 heterocycles. The van der Waals surface area contributed by atoms with Crippen molar-refractivity contribution in [1.82, 2.24) is 4.57 Å². The third-order valence-corrected chi connectivity index (χ3v) is 3.23. The van der Waals surface area contributed by atoms with E-state index in [9.17, 15) is 9.59 Å². The zero-order chi connectivity index (χ0) is 14.5. The molecule has 0 radical (unpaired) electrons. The van der Waals surface area contributed by atoms with Gasteiger partial charge in [-0.25, -0.2) is 0 Å². The van der Waals surface area contributed by atoms with Gasteiger partial charge in [-0.3, -0.25) is 9.59 Å². The zero-order valence-electron chi connectivity index (χ0n) is 11.3. The molecule has 104 valence electrons. The Labute approximate surface area is 122 Å². The molecule has 0 bridgehead atoms. The Morgan fingerprint density at radius 3 is 2.45 bits per heavy atom. The summed E-state index contributed by atoms with van der Waals surface area (Å²) in [5, 5.41) is -0.516. The lowest BCUT2D eigenvalue weighted by Crippen LogP contribution is -2.25. The Balaban J connectivity index is 2.56. The molecule has 2 aromatic rings. The molecule has 1 aromatic carbocycles. The van der Waals surface area contributed by atoms with E-state index in [-0.39, 0.29) is 12.0 Å². The molecule has 4 heteroatoms. The fourth-order valence-electron chi connectivity index (χ4n) is 2.21. The van der Waals surface area contributed by atoms with E-state index in [2.05, 4.69) is 0 Å². The number of hydrogen-bond donors (Lipinski definition) is 0. The second-order valence-electron chi connectivity index (χ2n) is 4.60. The largest absolute Gasteiger partial charge is 0.308 e. The van der Waals surface area contributed by atoms with Gasteiger partial charge in [-0.15, -0.1) is 0 Å². The highest BCUT2D eigenvalue weighted by molar-refractivity contribution is 6.63. The molecular weight excluding hydrogens is 274 g/mol. The Morgan fingerprint density at radius 1 is 1.15 bits per heavy atom. The molecule has 0 fully saturated rings. The van der Waals surface area contributed by atoms with Crippen LogP contribution < -0.4 is 5.56 Å². The number of benzene rings is 1. The maximum absolute atomic E-state index is 12.4. The average molecular weight is 290 g/mol. The first-order chi connectivity index (χ1) is 9.63. The molecule has 0 atom stereocenters. The van der Waals surface area contributed by atoms with Crippen molar-refractivity contribution < 1.29 is 4.79 Å². The van der Waals surface area contributed by atoms with Crippen molar-refractivity contribution >= 4 is 16.8 Å². The SMILES string of the molecule is CCCn1c(-c2ccccc2)ccc(CC(=O)Cl)c1=O.